The number of hydrogen-bond donors (Lipinski definition) is 2. The van der Waals surface area contributed by atoms with Crippen LogP contribution in [0.3, 0.4) is 0 Å². The predicted molar refractivity (Wildman–Crippen MR) is 45.9 cm³/mol. The Labute approximate surface area is 76.4 Å². The van der Waals surface area contributed by atoms with Crippen LogP contribution in [0.1, 0.15) is 19.8 Å². The molecule has 5 heteroatoms. The first-order chi connectivity index (χ1) is 6.11. The fourth-order valence-electron chi connectivity index (χ4n) is 2.10. The van der Waals surface area contributed by atoms with E-state index in [0.29, 0.717) is 12.3 Å². The molecule has 0 aromatic rings. The summed E-state index contributed by atoms with van der Waals surface area (Å²) >= 11 is 0. The highest BCUT2D eigenvalue weighted by atomic mass is 16.5. The van der Waals surface area contributed by atoms with Crippen LogP contribution in [0.5, 0.6) is 0 Å². The highest BCUT2D eigenvalue weighted by Crippen LogP contribution is 2.28. The van der Waals surface area contributed by atoms with Crippen molar-refractivity contribution < 1.29 is 10.0 Å². The van der Waals surface area contributed by atoms with Crippen LogP contribution in [0.25, 0.3) is 0 Å². The number of carbonyl (C=O) groups is 1. The van der Waals surface area contributed by atoms with E-state index in [1.54, 1.807) is 11.8 Å². The number of piperidine rings is 1. The molecule has 5 nitrogen and oxygen atoms in total. The van der Waals surface area contributed by atoms with E-state index < -0.39 is 0 Å². The topological polar surface area (TPSA) is 67.6 Å². The summed E-state index contributed by atoms with van der Waals surface area (Å²) in [7, 11) is 0. The number of rotatable bonds is 1. The van der Waals surface area contributed by atoms with Crippen molar-refractivity contribution in [2.75, 3.05) is 6.54 Å². The van der Waals surface area contributed by atoms with Gasteiger partial charge in [0.05, 0.1) is 12.1 Å². The zero-order chi connectivity index (χ0) is 9.59. The maximum absolute atomic E-state index is 11.4. The Morgan fingerprint density at radius 2 is 2.31 bits per heavy atom. The van der Waals surface area contributed by atoms with Crippen LogP contribution in [0.15, 0.2) is 0 Å². The van der Waals surface area contributed by atoms with Crippen LogP contribution >= 0.6 is 0 Å². The van der Waals surface area contributed by atoms with Crippen molar-refractivity contribution in [3.63, 3.8) is 0 Å². The van der Waals surface area contributed by atoms with Gasteiger partial charge in [0, 0.05) is 12.3 Å². The summed E-state index contributed by atoms with van der Waals surface area (Å²) < 4.78 is 0. The van der Waals surface area contributed by atoms with E-state index in [-0.39, 0.29) is 18.1 Å². The zero-order valence-electron chi connectivity index (χ0n) is 7.53. The highest BCUT2D eigenvalue weighted by molar-refractivity contribution is 5.89. The van der Waals surface area contributed by atoms with Crippen LogP contribution < -0.4 is 0 Å². The predicted octanol–water partition coefficient (Wildman–Crippen LogP) is 0.684. The van der Waals surface area contributed by atoms with E-state index in [1.165, 1.54) is 0 Å². The van der Waals surface area contributed by atoms with Gasteiger partial charge in [0.25, 0.3) is 0 Å². The van der Waals surface area contributed by atoms with E-state index in [0.717, 1.165) is 17.9 Å². The van der Waals surface area contributed by atoms with Crippen molar-refractivity contribution in [1.29, 1.82) is 5.41 Å². The van der Waals surface area contributed by atoms with Gasteiger partial charge in [-0.2, -0.15) is 0 Å². The standard InChI is InChI=1S/C8H13N3O2/c1-5(9)7-3-2-6-4-10(7)8(12)11(6)13/h6-7,9,13H,2-4H2,1H3. The first kappa shape index (κ1) is 8.50. The lowest BCUT2D eigenvalue weighted by Gasteiger charge is -2.29. The number of nitrogens with zero attached hydrogens (tertiary/aromatic N) is 2. The lowest BCUT2D eigenvalue weighted by molar-refractivity contribution is -0.0583. The van der Waals surface area contributed by atoms with Gasteiger partial charge in [0.2, 0.25) is 0 Å². The summed E-state index contributed by atoms with van der Waals surface area (Å²) in [6, 6.07) is -0.497. The molecule has 2 saturated heterocycles. The summed E-state index contributed by atoms with van der Waals surface area (Å²) in [4.78, 5) is 13.0. The monoisotopic (exact) mass is 183 g/mol. The molecule has 2 rings (SSSR count). The summed E-state index contributed by atoms with van der Waals surface area (Å²) in [6.07, 6.45) is 1.59. The average Bonchev–Trinajstić information content (AvgIpc) is 2.32. The average molecular weight is 183 g/mol. The van der Waals surface area contributed by atoms with E-state index >= 15 is 0 Å². The molecule has 2 heterocycles. The van der Waals surface area contributed by atoms with Gasteiger partial charge in [-0.25, -0.2) is 9.86 Å². The fourth-order valence-corrected chi connectivity index (χ4v) is 2.10. The number of amides is 2. The normalized spacial score (nSPS) is 32.6. The van der Waals surface area contributed by atoms with E-state index in [2.05, 4.69) is 0 Å². The summed E-state index contributed by atoms with van der Waals surface area (Å²) in [6.45, 7) is 2.27. The SMILES string of the molecule is CC(=N)C1CCC2CN1C(=O)N2O. The van der Waals surface area contributed by atoms with Gasteiger partial charge < -0.3 is 10.3 Å². The number of fused-ring (bicyclic) bond motifs is 2. The Kier molecular flexibility index (Phi) is 1.76. The molecule has 0 aliphatic carbocycles. The molecule has 0 spiro atoms. The van der Waals surface area contributed by atoms with Gasteiger partial charge in [0.15, 0.2) is 0 Å². The minimum atomic E-state index is -0.348. The maximum atomic E-state index is 11.4. The third kappa shape index (κ3) is 1.11. The zero-order valence-corrected chi connectivity index (χ0v) is 7.53. The lowest BCUT2D eigenvalue weighted by atomic mass is 9.98. The molecule has 0 aromatic heterocycles. The molecule has 2 bridgehead atoms. The van der Waals surface area contributed by atoms with Crippen molar-refractivity contribution in [2.24, 2.45) is 0 Å². The molecular weight excluding hydrogens is 170 g/mol. The highest BCUT2D eigenvalue weighted by Gasteiger charge is 2.44. The lowest BCUT2D eigenvalue weighted by Crippen LogP contribution is -2.43. The van der Waals surface area contributed by atoms with E-state index in [1.807, 2.05) is 0 Å². The van der Waals surface area contributed by atoms with Gasteiger partial charge in [0.1, 0.15) is 0 Å². The molecule has 2 amide bonds. The number of hydroxylamine groups is 2. The minimum Gasteiger partial charge on any atom is -0.312 e. The maximum Gasteiger partial charge on any atom is 0.344 e. The van der Waals surface area contributed by atoms with Gasteiger partial charge in [-0.1, -0.05) is 0 Å². The van der Waals surface area contributed by atoms with Crippen molar-refractivity contribution in [3.05, 3.63) is 0 Å². The van der Waals surface area contributed by atoms with Crippen LogP contribution in [0.2, 0.25) is 0 Å². The summed E-state index contributed by atoms with van der Waals surface area (Å²) in [5, 5.41) is 17.7. The molecule has 0 saturated carbocycles. The van der Waals surface area contributed by atoms with Crippen molar-refractivity contribution >= 4 is 11.7 Å². The molecule has 72 valence electrons. The Morgan fingerprint density at radius 3 is 2.92 bits per heavy atom. The van der Waals surface area contributed by atoms with Crippen LogP contribution in [0, 0.1) is 5.41 Å². The Balaban J connectivity index is 2.22. The third-order valence-corrected chi connectivity index (χ3v) is 2.84. The molecular formula is C8H13N3O2. The quantitative estimate of drug-likeness (QED) is 0.463. The second-order valence-corrected chi connectivity index (χ2v) is 3.71. The molecule has 2 fully saturated rings. The molecule has 0 radical (unpaired) electrons. The fraction of sp³-hybridized carbons (Fsp3) is 0.750. The Hall–Kier alpha value is -1.10. The summed E-state index contributed by atoms with van der Waals surface area (Å²) in [5.74, 6) is 0. The molecule has 13 heavy (non-hydrogen) atoms. The Bertz CT molecular complexity index is 266. The van der Waals surface area contributed by atoms with Crippen LogP contribution in [-0.4, -0.2) is 45.5 Å². The first-order valence-corrected chi connectivity index (χ1v) is 4.45. The molecule has 2 aliphatic heterocycles. The second-order valence-electron chi connectivity index (χ2n) is 3.71. The molecule has 2 unspecified atom stereocenters. The Morgan fingerprint density at radius 1 is 1.62 bits per heavy atom. The van der Waals surface area contributed by atoms with Crippen molar-refractivity contribution in [1.82, 2.24) is 9.96 Å². The number of urea groups is 1. The number of nitrogens with one attached hydrogen (secondary N) is 1. The molecule has 0 aromatic carbocycles. The molecule has 2 atom stereocenters. The van der Waals surface area contributed by atoms with Gasteiger partial charge in [-0.3, -0.25) is 5.21 Å². The molecule has 2 N–H and O–H groups in total. The van der Waals surface area contributed by atoms with Crippen LogP contribution in [0.4, 0.5) is 4.79 Å². The smallest absolute Gasteiger partial charge is 0.312 e. The van der Waals surface area contributed by atoms with Gasteiger partial charge >= 0.3 is 6.03 Å². The minimum absolute atomic E-state index is 0.0527. The van der Waals surface area contributed by atoms with Crippen LogP contribution in [-0.2, 0) is 0 Å². The van der Waals surface area contributed by atoms with Crippen molar-refractivity contribution in [2.45, 2.75) is 31.8 Å². The van der Waals surface area contributed by atoms with Gasteiger partial charge in [-0.05, 0) is 19.8 Å². The summed E-state index contributed by atoms with van der Waals surface area (Å²) in [5.41, 5.74) is 0.502. The van der Waals surface area contributed by atoms with Gasteiger partial charge in [-0.15, -0.1) is 0 Å². The molecule has 2 aliphatic rings. The van der Waals surface area contributed by atoms with Crippen molar-refractivity contribution in [3.8, 4) is 0 Å². The third-order valence-electron chi connectivity index (χ3n) is 2.84. The largest absolute Gasteiger partial charge is 0.344 e. The second kappa shape index (κ2) is 2.70. The number of carbonyl (C=O) groups excluding carboxylic acids is 1. The number of hydrogen-bond acceptors (Lipinski definition) is 3. The first-order valence-electron chi connectivity index (χ1n) is 4.45. The van der Waals surface area contributed by atoms with E-state index in [4.69, 9.17) is 5.41 Å². The van der Waals surface area contributed by atoms with E-state index in [9.17, 15) is 10.0 Å².